The highest BCUT2D eigenvalue weighted by molar-refractivity contribution is 5.30. The molecular weight excluding hydrogens is 188 g/mol. The number of halogens is 2. The van der Waals surface area contributed by atoms with Crippen LogP contribution in [-0.4, -0.2) is 18.0 Å². The second-order valence-electron chi connectivity index (χ2n) is 2.64. The summed E-state index contributed by atoms with van der Waals surface area (Å²) in [7, 11) is 0. The Hall–Kier alpha value is -1.54. The van der Waals surface area contributed by atoms with Crippen LogP contribution in [0.5, 0.6) is 0 Å². The maximum atomic E-state index is 11.8. The number of aromatic nitrogens is 1. The Morgan fingerprint density at radius 3 is 3.00 bits per heavy atom. The Morgan fingerprint density at radius 2 is 2.36 bits per heavy atom. The zero-order valence-corrected chi connectivity index (χ0v) is 7.37. The molecule has 0 spiro atoms. The molecule has 0 amide bonds. The predicted octanol–water partition coefficient (Wildman–Crippen LogP) is 1.31. The zero-order valence-electron chi connectivity index (χ0n) is 7.37. The number of nitrogens with zero attached hydrogens (tertiary/aromatic N) is 2. The van der Waals surface area contributed by atoms with E-state index >= 15 is 0 Å². The van der Waals surface area contributed by atoms with Crippen molar-refractivity contribution >= 4 is 0 Å². The van der Waals surface area contributed by atoms with Gasteiger partial charge in [-0.3, -0.25) is 0 Å². The Labute approximate surface area is 80.4 Å². The van der Waals surface area contributed by atoms with E-state index in [1.807, 2.05) is 6.07 Å². The van der Waals surface area contributed by atoms with Gasteiger partial charge in [0.1, 0.15) is 11.8 Å². The van der Waals surface area contributed by atoms with Gasteiger partial charge in [-0.1, -0.05) is 6.07 Å². The van der Waals surface area contributed by atoms with Gasteiger partial charge < -0.3 is 5.32 Å². The summed E-state index contributed by atoms with van der Waals surface area (Å²) in [5, 5.41) is 11.2. The van der Waals surface area contributed by atoms with Crippen LogP contribution in [0.25, 0.3) is 0 Å². The molecule has 1 N–H and O–H groups in total. The molecule has 0 bridgehead atoms. The van der Waals surface area contributed by atoms with Crippen LogP contribution in [0.4, 0.5) is 8.78 Å². The van der Waals surface area contributed by atoms with Crippen molar-refractivity contribution in [2.45, 2.75) is 13.0 Å². The highest BCUT2D eigenvalue weighted by Crippen LogP contribution is 2.03. The fourth-order valence-corrected chi connectivity index (χ4v) is 0.998. The van der Waals surface area contributed by atoms with Crippen molar-refractivity contribution in [1.29, 1.82) is 5.26 Å². The van der Waals surface area contributed by atoms with Crippen molar-refractivity contribution in [3.8, 4) is 6.07 Å². The van der Waals surface area contributed by atoms with E-state index in [9.17, 15) is 8.78 Å². The minimum Gasteiger partial charge on any atom is -0.307 e. The standard InChI is InChI=1S/C9H9F2N3/c10-9(11)6-13-5-7-2-1-3-14-8(7)4-12/h1-3,9,13H,5-6H2. The van der Waals surface area contributed by atoms with Gasteiger partial charge in [0.05, 0.1) is 6.54 Å². The average molecular weight is 197 g/mol. The van der Waals surface area contributed by atoms with Crippen molar-refractivity contribution < 1.29 is 8.78 Å². The molecule has 3 nitrogen and oxygen atoms in total. The first-order chi connectivity index (χ1) is 6.74. The first-order valence-electron chi connectivity index (χ1n) is 4.07. The van der Waals surface area contributed by atoms with Crippen molar-refractivity contribution in [3.05, 3.63) is 29.6 Å². The van der Waals surface area contributed by atoms with Gasteiger partial charge in [0.15, 0.2) is 0 Å². The molecule has 0 fully saturated rings. The molecule has 0 atom stereocenters. The molecule has 0 saturated carbocycles. The fourth-order valence-electron chi connectivity index (χ4n) is 0.998. The molecule has 14 heavy (non-hydrogen) atoms. The average Bonchev–Trinajstić information content (AvgIpc) is 2.18. The first kappa shape index (κ1) is 10.5. The van der Waals surface area contributed by atoms with Gasteiger partial charge in [-0.15, -0.1) is 0 Å². The normalized spacial score (nSPS) is 10.1. The minimum absolute atomic E-state index is 0.237. The van der Waals surface area contributed by atoms with Gasteiger partial charge in [0, 0.05) is 18.3 Å². The molecule has 1 heterocycles. The molecule has 0 saturated heterocycles. The van der Waals surface area contributed by atoms with Gasteiger partial charge in [0.2, 0.25) is 0 Å². The summed E-state index contributed by atoms with van der Waals surface area (Å²) in [6.45, 7) is -0.138. The van der Waals surface area contributed by atoms with Crippen LogP contribution in [0.2, 0.25) is 0 Å². The number of alkyl halides is 2. The third-order valence-electron chi connectivity index (χ3n) is 1.61. The second-order valence-corrected chi connectivity index (χ2v) is 2.64. The highest BCUT2D eigenvalue weighted by Gasteiger charge is 2.04. The monoisotopic (exact) mass is 197 g/mol. The molecule has 0 aromatic carbocycles. The van der Waals surface area contributed by atoms with Crippen LogP contribution in [0.15, 0.2) is 18.3 Å². The number of hydrogen-bond donors (Lipinski definition) is 1. The molecule has 0 radical (unpaired) electrons. The van der Waals surface area contributed by atoms with Gasteiger partial charge in [-0.25, -0.2) is 13.8 Å². The largest absolute Gasteiger partial charge is 0.307 e. The Morgan fingerprint density at radius 1 is 1.57 bits per heavy atom. The molecule has 1 aromatic rings. The highest BCUT2D eigenvalue weighted by atomic mass is 19.3. The fraction of sp³-hybridized carbons (Fsp3) is 0.333. The van der Waals surface area contributed by atoms with E-state index < -0.39 is 6.43 Å². The van der Waals surface area contributed by atoms with Gasteiger partial charge in [-0.2, -0.15) is 5.26 Å². The zero-order chi connectivity index (χ0) is 10.4. The summed E-state index contributed by atoms with van der Waals surface area (Å²) in [6.07, 6.45) is -0.882. The topological polar surface area (TPSA) is 48.7 Å². The summed E-state index contributed by atoms with van der Waals surface area (Å²) >= 11 is 0. The van der Waals surface area contributed by atoms with Crippen LogP contribution >= 0.6 is 0 Å². The number of hydrogen-bond acceptors (Lipinski definition) is 3. The molecule has 0 aliphatic carbocycles. The summed E-state index contributed by atoms with van der Waals surface area (Å²) in [6, 6.07) is 5.25. The number of nitrogens with one attached hydrogen (secondary N) is 1. The van der Waals surface area contributed by atoms with Crippen LogP contribution in [0.3, 0.4) is 0 Å². The quantitative estimate of drug-likeness (QED) is 0.791. The Balaban J connectivity index is 2.54. The lowest BCUT2D eigenvalue weighted by Crippen LogP contribution is -2.21. The third kappa shape index (κ3) is 3.07. The van der Waals surface area contributed by atoms with Crippen LogP contribution in [0, 0.1) is 11.3 Å². The molecule has 1 rings (SSSR count). The van der Waals surface area contributed by atoms with Crippen molar-refractivity contribution in [2.75, 3.05) is 6.54 Å². The van der Waals surface area contributed by atoms with Gasteiger partial charge in [0.25, 0.3) is 6.43 Å². The molecule has 5 heteroatoms. The van der Waals surface area contributed by atoms with Crippen molar-refractivity contribution in [1.82, 2.24) is 10.3 Å². The van der Waals surface area contributed by atoms with E-state index in [1.165, 1.54) is 6.20 Å². The van der Waals surface area contributed by atoms with E-state index in [1.54, 1.807) is 12.1 Å². The summed E-state index contributed by atoms with van der Waals surface area (Å²) in [5.74, 6) is 0. The van der Waals surface area contributed by atoms with Crippen LogP contribution in [-0.2, 0) is 6.54 Å². The molecule has 74 valence electrons. The Kier molecular flexibility index (Phi) is 3.95. The molecule has 0 aliphatic rings. The van der Waals surface area contributed by atoms with Crippen LogP contribution < -0.4 is 5.32 Å². The summed E-state index contributed by atoms with van der Waals surface area (Å²) in [4.78, 5) is 3.81. The van der Waals surface area contributed by atoms with Crippen LogP contribution in [0.1, 0.15) is 11.3 Å². The predicted molar refractivity (Wildman–Crippen MR) is 46.7 cm³/mol. The molecule has 1 aromatic heterocycles. The van der Waals surface area contributed by atoms with E-state index in [-0.39, 0.29) is 18.8 Å². The molecular formula is C9H9F2N3. The number of pyridine rings is 1. The van der Waals surface area contributed by atoms with E-state index in [4.69, 9.17) is 5.26 Å². The lowest BCUT2D eigenvalue weighted by molar-refractivity contribution is 0.145. The SMILES string of the molecule is N#Cc1ncccc1CNCC(F)F. The third-order valence-corrected chi connectivity index (χ3v) is 1.61. The first-order valence-corrected chi connectivity index (χ1v) is 4.07. The lowest BCUT2D eigenvalue weighted by Gasteiger charge is -2.04. The molecule has 0 unspecified atom stereocenters. The van der Waals surface area contributed by atoms with Crippen molar-refractivity contribution in [3.63, 3.8) is 0 Å². The number of rotatable bonds is 4. The lowest BCUT2D eigenvalue weighted by atomic mass is 10.2. The second kappa shape index (κ2) is 5.25. The van der Waals surface area contributed by atoms with Crippen molar-refractivity contribution in [2.24, 2.45) is 0 Å². The maximum absolute atomic E-state index is 11.8. The minimum atomic E-state index is -2.38. The summed E-state index contributed by atoms with van der Waals surface area (Å²) < 4.78 is 23.6. The maximum Gasteiger partial charge on any atom is 0.250 e. The molecule has 0 aliphatic heterocycles. The number of nitriles is 1. The van der Waals surface area contributed by atoms with E-state index in [0.29, 0.717) is 5.56 Å². The van der Waals surface area contributed by atoms with E-state index in [0.717, 1.165) is 0 Å². The van der Waals surface area contributed by atoms with Gasteiger partial charge in [-0.05, 0) is 6.07 Å². The van der Waals surface area contributed by atoms with E-state index in [2.05, 4.69) is 10.3 Å². The summed E-state index contributed by atoms with van der Waals surface area (Å²) in [5.41, 5.74) is 0.907. The smallest absolute Gasteiger partial charge is 0.250 e. The Bertz CT molecular complexity index is 333. The van der Waals surface area contributed by atoms with Gasteiger partial charge >= 0.3 is 0 Å².